The molecule has 0 aromatic rings. The topological polar surface area (TPSA) is 41.1 Å². The highest BCUT2D eigenvalue weighted by Crippen LogP contribution is 2.15. The van der Waals surface area contributed by atoms with Gasteiger partial charge in [0, 0.05) is 18.5 Å². The van der Waals surface area contributed by atoms with E-state index >= 15 is 0 Å². The van der Waals surface area contributed by atoms with Crippen LogP contribution in [0.2, 0.25) is 0 Å². The molecule has 0 radical (unpaired) electrons. The molecule has 2 N–H and O–H groups in total. The van der Waals surface area contributed by atoms with E-state index in [9.17, 15) is 4.79 Å². The zero-order chi connectivity index (χ0) is 12.5. The number of thioether (sulfide) groups is 1. The molecule has 1 fully saturated rings. The molecule has 1 heterocycles. The van der Waals surface area contributed by atoms with Crippen LogP contribution in [0.1, 0.15) is 39.0 Å². The van der Waals surface area contributed by atoms with Crippen molar-refractivity contribution in [2.45, 2.75) is 45.1 Å². The predicted octanol–water partition coefficient (Wildman–Crippen LogP) is 2.02. The predicted molar refractivity (Wildman–Crippen MR) is 75.4 cm³/mol. The third kappa shape index (κ3) is 6.32. The molecule has 0 spiro atoms. The summed E-state index contributed by atoms with van der Waals surface area (Å²) in [5, 5.41) is 6.45. The summed E-state index contributed by atoms with van der Waals surface area (Å²) in [5.41, 5.74) is 0. The molecule has 1 aliphatic rings. The van der Waals surface area contributed by atoms with Crippen LogP contribution in [0, 0.1) is 5.92 Å². The zero-order valence-corrected chi connectivity index (χ0v) is 11.9. The lowest BCUT2D eigenvalue weighted by molar-refractivity contribution is -0.126. The first-order valence-electron chi connectivity index (χ1n) is 6.74. The number of amides is 1. The molecule has 1 aliphatic heterocycles. The Bertz CT molecular complexity index is 223. The standard InChI is InChI=1S/C13H26N2OS/c1-11-10-12(6-8-14-11)13(16)15-7-4-3-5-9-17-2/h11-12,14H,3-10H2,1-2H3,(H,15,16). The molecule has 0 aliphatic carbocycles. The van der Waals surface area contributed by atoms with Gasteiger partial charge in [0.25, 0.3) is 0 Å². The molecule has 1 saturated heterocycles. The summed E-state index contributed by atoms with van der Waals surface area (Å²) < 4.78 is 0. The summed E-state index contributed by atoms with van der Waals surface area (Å²) >= 11 is 1.89. The molecule has 1 amide bonds. The first-order valence-corrected chi connectivity index (χ1v) is 8.13. The number of hydrogen-bond acceptors (Lipinski definition) is 3. The van der Waals surface area contributed by atoms with Crippen LogP contribution in [0.3, 0.4) is 0 Å². The summed E-state index contributed by atoms with van der Waals surface area (Å²) in [6.45, 7) is 3.99. The Hall–Kier alpha value is -0.220. The first-order chi connectivity index (χ1) is 8.24. The fourth-order valence-electron chi connectivity index (χ4n) is 2.27. The summed E-state index contributed by atoms with van der Waals surface area (Å²) in [6, 6.07) is 0.487. The minimum Gasteiger partial charge on any atom is -0.356 e. The lowest BCUT2D eigenvalue weighted by Gasteiger charge is -2.27. The average Bonchev–Trinajstić information content (AvgIpc) is 2.33. The number of nitrogens with one attached hydrogen (secondary N) is 2. The molecule has 0 aromatic heterocycles. The van der Waals surface area contributed by atoms with Gasteiger partial charge >= 0.3 is 0 Å². The van der Waals surface area contributed by atoms with Crippen molar-refractivity contribution in [1.29, 1.82) is 0 Å². The van der Waals surface area contributed by atoms with Gasteiger partial charge in [-0.25, -0.2) is 0 Å². The van der Waals surface area contributed by atoms with Gasteiger partial charge in [0.2, 0.25) is 5.91 Å². The number of carbonyl (C=O) groups excluding carboxylic acids is 1. The molecular weight excluding hydrogens is 232 g/mol. The van der Waals surface area contributed by atoms with Gasteiger partial charge in [-0.05, 0) is 51.2 Å². The maximum atomic E-state index is 11.9. The van der Waals surface area contributed by atoms with E-state index < -0.39 is 0 Å². The monoisotopic (exact) mass is 258 g/mol. The number of piperidine rings is 1. The van der Waals surface area contributed by atoms with Crippen LogP contribution >= 0.6 is 11.8 Å². The fourth-order valence-corrected chi connectivity index (χ4v) is 2.77. The minimum absolute atomic E-state index is 0.234. The summed E-state index contributed by atoms with van der Waals surface area (Å²) in [6.07, 6.45) is 7.72. The highest BCUT2D eigenvalue weighted by molar-refractivity contribution is 7.98. The van der Waals surface area contributed by atoms with Gasteiger partial charge in [-0.15, -0.1) is 0 Å². The number of carbonyl (C=O) groups is 1. The Morgan fingerprint density at radius 1 is 1.41 bits per heavy atom. The third-order valence-electron chi connectivity index (χ3n) is 3.32. The molecule has 0 bridgehead atoms. The Morgan fingerprint density at radius 3 is 2.94 bits per heavy atom. The Balaban J connectivity index is 2.04. The van der Waals surface area contributed by atoms with E-state index in [0.717, 1.165) is 32.4 Å². The summed E-state index contributed by atoms with van der Waals surface area (Å²) in [7, 11) is 0. The molecule has 100 valence electrons. The largest absolute Gasteiger partial charge is 0.356 e. The Labute approximate surface area is 109 Å². The van der Waals surface area contributed by atoms with E-state index in [1.165, 1.54) is 18.6 Å². The second-order valence-electron chi connectivity index (χ2n) is 4.92. The smallest absolute Gasteiger partial charge is 0.223 e. The van der Waals surface area contributed by atoms with Gasteiger partial charge in [0.05, 0.1) is 0 Å². The van der Waals surface area contributed by atoms with E-state index in [1.54, 1.807) is 0 Å². The van der Waals surface area contributed by atoms with Crippen molar-refractivity contribution in [3.05, 3.63) is 0 Å². The van der Waals surface area contributed by atoms with E-state index in [0.29, 0.717) is 6.04 Å². The van der Waals surface area contributed by atoms with Crippen molar-refractivity contribution in [2.75, 3.05) is 25.1 Å². The molecule has 4 heteroatoms. The van der Waals surface area contributed by atoms with Crippen LogP contribution in [-0.4, -0.2) is 37.0 Å². The first kappa shape index (κ1) is 14.8. The van der Waals surface area contributed by atoms with Gasteiger partial charge in [-0.2, -0.15) is 11.8 Å². The van der Waals surface area contributed by atoms with Gasteiger partial charge in [-0.3, -0.25) is 4.79 Å². The summed E-state index contributed by atoms with van der Waals surface area (Å²) in [5.74, 6) is 1.74. The SMILES string of the molecule is CSCCCCCNC(=O)C1CCNC(C)C1. The number of rotatable bonds is 7. The van der Waals surface area contributed by atoms with E-state index in [2.05, 4.69) is 23.8 Å². The van der Waals surface area contributed by atoms with Crippen LogP contribution in [-0.2, 0) is 4.79 Å². The number of hydrogen-bond donors (Lipinski definition) is 2. The van der Waals surface area contributed by atoms with E-state index in [4.69, 9.17) is 0 Å². The maximum absolute atomic E-state index is 11.9. The van der Waals surface area contributed by atoms with Crippen LogP contribution in [0.25, 0.3) is 0 Å². The van der Waals surface area contributed by atoms with E-state index in [1.807, 2.05) is 11.8 Å². The van der Waals surface area contributed by atoms with Crippen LogP contribution < -0.4 is 10.6 Å². The molecule has 1 rings (SSSR count). The lowest BCUT2D eigenvalue weighted by Crippen LogP contribution is -2.42. The van der Waals surface area contributed by atoms with Gasteiger partial charge < -0.3 is 10.6 Å². The second kappa shape index (κ2) is 8.81. The second-order valence-corrected chi connectivity index (χ2v) is 5.91. The fraction of sp³-hybridized carbons (Fsp3) is 0.923. The normalized spacial score (nSPS) is 24.6. The Morgan fingerprint density at radius 2 is 2.24 bits per heavy atom. The molecule has 3 nitrogen and oxygen atoms in total. The summed E-state index contributed by atoms with van der Waals surface area (Å²) in [4.78, 5) is 11.9. The Kier molecular flexibility index (Phi) is 7.69. The van der Waals surface area contributed by atoms with Crippen molar-refractivity contribution in [3.8, 4) is 0 Å². The molecule has 0 saturated carbocycles. The maximum Gasteiger partial charge on any atom is 0.223 e. The molecule has 17 heavy (non-hydrogen) atoms. The van der Waals surface area contributed by atoms with Gasteiger partial charge in [-0.1, -0.05) is 6.42 Å². The molecule has 2 unspecified atom stereocenters. The van der Waals surface area contributed by atoms with Gasteiger partial charge in [0.1, 0.15) is 0 Å². The molecule has 0 aromatic carbocycles. The molecular formula is C13H26N2OS. The van der Waals surface area contributed by atoms with Crippen molar-refractivity contribution < 1.29 is 4.79 Å². The van der Waals surface area contributed by atoms with Crippen molar-refractivity contribution in [3.63, 3.8) is 0 Å². The van der Waals surface area contributed by atoms with E-state index in [-0.39, 0.29) is 11.8 Å². The number of unbranched alkanes of at least 4 members (excludes halogenated alkanes) is 2. The average molecular weight is 258 g/mol. The highest BCUT2D eigenvalue weighted by Gasteiger charge is 2.23. The van der Waals surface area contributed by atoms with Crippen molar-refractivity contribution >= 4 is 17.7 Å². The minimum atomic E-state index is 0.234. The lowest BCUT2D eigenvalue weighted by atomic mass is 9.92. The molecule has 2 atom stereocenters. The van der Waals surface area contributed by atoms with Crippen molar-refractivity contribution in [1.82, 2.24) is 10.6 Å². The zero-order valence-electron chi connectivity index (χ0n) is 11.1. The van der Waals surface area contributed by atoms with Gasteiger partial charge in [0.15, 0.2) is 0 Å². The quantitative estimate of drug-likeness (QED) is 0.687. The van der Waals surface area contributed by atoms with Crippen LogP contribution in [0.5, 0.6) is 0 Å². The third-order valence-corrected chi connectivity index (χ3v) is 4.02. The highest BCUT2D eigenvalue weighted by atomic mass is 32.2. The van der Waals surface area contributed by atoms with Crippen LogP contribution in [0.15, 0.2) is 0 Å². The van der Waals surface area contributed by atoms with Crippen molar-refractivity contribution in [2.24, 2.45) is 5.92 Å². The van der Waals surface area contributed by atoms with Crippen LogP contribution in [0.4, 0.5) is 0 Å².